The predicted molar refractivity (Wildman–Crippen MR) is 335 cm³/mol. The highest BCUT2D eigenvalue weighted by molar-refractivity contribution is 5.71. The number of ether oxygens (including phenoxy) is 3. The van der Waals surface area contributed by atoms with Gasteiger partial charge in [-0.3, -0.25) is 14.4 Å². The van der Waals surface area contributed by atoms with Crippen molar-refractivity contribution in [1.82, 2.24) is 0 Å². The molecule has 0 aliphatic rings. The summed E-state index contributed by atoms with van der Waals surface area (Å²) < 4.78 is 16.9. The zero-order chi connectivity index (χ0) is 55.7. The molecule has 6 heteroatoms. The molecule has 0 amide bonds. The van der Waals surface area contributed by atoms with E-state index < -0.39 is 6.10 Å². The van der Waals surface area contributed by atoms with Crippen LogP contribution in [0.3, 0.4) is 0 Å². The molecule has 0 fully saturated rings. The third-order valence-electron chi connectivity index (χ3n) is 15.0. The van der Waals surface area contributed by atoms with Gasteiger partial charge in [0.15, 0.2) is 6.10 Å². The molecule has 0 aliphatic heterocycles. The van der Waals surface area contributed by atoms with Gasteiger partial charge in [-0.05, 0) is 89.9 Å². The second-order valence-electron chi connectivity index (χ2n) is 22.7. The van der Waals surface area contributed by atoms with Crippen molar-refractivity contribution in [3.63, 3.8) is 0 Å². The van der Waals surface area contributed by atoms with Crippen molar-refractivity contribution in [3.05, 3.63) is 60.8 Å². The van der Waals surface area contributed by atoms with Crippen molar-refractivity contribution in [2.75, 3.05) is 13.2 Å². The maximum Gasteiger partial charge on any atom is 0.306 e. The lowest BCUT2D eigenvalue weighted by atomic mass is 10.0. The fraction of sp³-hybridized carbons (Fsp3) is 0.817. The molecule has 0 rings (SSSR count). The summed E-state index contributed by atoms with van der Waals surface area (Å²) in [5.41, 5.74) is 0. The first kappa shape index (κ1) is 74.1. The van der Waals surface area contributed by atoms with Gasteiger partial charge in [0.25, 0.3) is 0 Å². The van der Waals surface area contributed by atoms with Crippen LogP contribution >= 0.6 is 0 Å². The Morgan fingerprint density at radius 2 is 0.468 bits per heavy atom. The summed E-state index contributed by atoms with van der Waals surface area (Å²) in [6.45, 7) is 6.64. The van der Waals surface area contributed by atoms with Crippen molar-refractivity contribution in [2.45, 2.75) is 361 Å². The van der Waals surface area contributed by atoms with E-state index in [0.717, 1.165) is 77.0 Å². The molecule has 6 nitrogen and oxygen atoms in total. The molecule has 0 heterocycles. The molecule has 0 spiro atoms. The molecule has 0 bridgehead atoms. The first-order chi connectivity index (χ1) is 38.0. The Kier molecular flexibility index (Phi) is 63.2. The third kappa shape index (κ3) is 63.8. The van der Waals surface area contributed by atoms with Gasteiger partial charge >= 0.3 is 17.9 Å². The Bertz CT molecular complexity index is 1380. The van der Waals surface area contributed by atoms with Gasteiger partial charge in [-0.15, -0.1) is 0 Å². The van der Waals surface area contributed by atoms with Crippen LogP contribution in [-0.4, -0.2) is 37.2 Å². The lowest BCUT2D eigenvalue weighted by Crippen LogP contribution is -2.30. The Morgan fingerprint density at radius 3 is 0.727 bits per heavy atom. The topological polar surface area (TPSA) is 78.9 Å². The van der Waals surface area contributed by atoms with Crippen molar-refractivity contribution in [2.24, 2.45) is 0 Å². The first-order valence-electron chi connectivity index (χ1n) is 33.8. The van der Waals surface area contributed by atoms with Crippen LogP contribution in [0, 0.1) is 0 Å². The van der Waals surface area contributed by atoms with Crippen molar-refractivity contribution < 1.29 is 28.6 Å². The molecule has 0 aromatic heterocycles. The zero-order valence-electron chi connectivity index (χ0n) is 51.5. The molecule has 1 atom stereocenters. The van der Waals surface area contributed by atoms with Crippen LogP contribution in [0.2, 0.25) is 0 Å². The molecule has 448 valence electrons. The van der Waals surface area contributed by atoms with E-state index in [9.17, 15) is 14.4 Å². The molecular weight excluding hydrogens is 949 g/mol. The molecular formula is C71H128O6. The average Bonchev–Trinajstić information content (AvgIpc) is 3.43. The maximum absolute atomic E-state index is 12.9. The molecule has 0 aromatic rings. The van der Waals surface area contributed by atoms with Crippen LogP contribution in [-0.2, 0) is 28.6 Å². The SMILES string of the molecule is CCCCCCC/C=C\C/C=C\C/C=C\CCCCCCCCCCCCCCCCC(=O)OCC(COC(=O)CCCCCCCCCCC)OC(=O)CCCCCCCCCCC/C=C\C/C=C\CCCCCCC. The highest BCUT2D eigenvalue weighted by atomic mass is 16.6. The van der Waals surface area contributed by atoms with Crippen LogP contribution in [0.15, 0.2) is 60.8 Å². The van der Waals surface area contributed by atoms with E-state index in [0.29, 0.717) is 19.3 Å². The van der Waals surface area contributed by atoms with Gasteiger partial charge in [0.1, 0.15) is 13.2 Å². The van der Waals surface area contributed by atoms with E-state index >= 15 is 0 Å². The van der Waals surface area contributed by atoms with E-state index in [1.807, 2.05) is 0 Å². The second-order valence-corrected chi connectivity index (χ2v) is 22.7. The monoisotopic (exact) mass is 1080 g/mol. The Balaban J connectivity index is 4.15. The van der Waals surface area contributed by atoms with E-state index in [1.54, 1.807) is 0 Å². The summed E-state index contributed by atoms with van der Waals surface area (Å²) in [5, 5.41) is 0. The second kappa shape index (κ2) is 65.6. The van der Waals surface area contributed by atoms with Gasteiger partial charge < -0.3 is 14.2 Å². The molecule has 0 aromatic carbocycles. The van der Waals surface area contributed by atoms with Crippen LogP contribution in [0.1, 0.15) is 355 Å². The van der Waals surface area contributed by atoms with Crippen LogP contribution in [0.5, 0.6) is 0 Å². The number of hydrogen-bond donors (Lipinski definition) is 0. The third-order valence-corrected chi connectivity index (χ3v) is 15.0. The molecule has 0 saturated heterocycles. The van der Waals surface area contributed by atoms with E-state index in [4.69, 9.17) is 14.2 Å². The lowest BCUT2D eigenvalue weighted by Gasteiger charge is -2.18. The molecule has 0 N–H and O–H groups in total. The summed E-state index contributed by atoms with van der Waals surface area (Å²) >= 11 is 0. The number of hydrogen-bond acceptors (Lipinski definition) is 6. The maximum atomic E-state index is 12.9. The summed E-state index contributed by atoms with van der Waals surface area (Å²) in [6.07, 6.45) is 83.9. The van der Waals surface area contributed by atoms with Gasteiger partial charge in [0.05, 0.1) is 0 Å². The van der Waals surface area contributed by atoms with Gasteiger partial charge in [-0.1, -0.05) is 306 Å². The van der Waals surface area contributed by atoms with E-state index in [-0.39, 0.29) is 31.1 Å². The number of carbonyl (C=O) groups is 3. The smallest absolute Gasteiger partial charge is 0.306 e. The number of esters is 3. The number of rotatable bonds is 62. The van der Waals surface area contributed by atoms with Crippen LogP contribution in [0.25, 0.3) is 0 Å². The number of unbranched alkanes of at least 4 members (excludes halogenated alkanes) is 41. The number of carbonyl (C=O) groups excluding carboxylic acids is 3. The van der Waals surface area contributed by atoms with Crippen LogP contribution < -0.4 is 0 Å². The van der Waals surface area contributed by atoms with Crippen molar-refractivity contribution in [3.8, 4) is 0 Å². The molecule has 0 saturated carbocycles. The molecule has 77 heavy (non-hydrogen) atoms. The Hall–Kier alpha value is -2.89. The highest BCUT2D eigenvalue weighted by Gasteiger charge is 2.19. The van der Waals surface area contributed by atoms with Gasteiger partial charge in [0.2, 0.25) is 0 Å². The van der Waals surface area contributed by atoms with Crippen LogP contribution in [0.4, 0.5) is 0 Å². The number of allylic oxidation sites excluding steroid dienone is 10. The first-order valence-corrected chi connectivity index (χ1v) is 33.8. The largest absolute Gasteiger partial charge is 0.462 e. The fourth-order valence-corrected chi connectivity index (χ4v) is 9.89. The summed E-state index contributed by atoms with van der Waals surface area (Å²) in [5.74, 6) is -0.862. The van der Waals surface area contributed by atoms with Gasteiger partial charge in [-0.25, -0.2) is 0 Å². The standard InChI is InChI=1S/C71H128O6/c1-4-7-10-13-16-19-21-23-25-27-29-31-32-33-34-35-36-37-38-40-41-43-45-47-49-52-55-58-61-64-70(73)76-67-68(66-75-69(72)63-60-57-54-51-18-15-12-9-6-3)77-71(74)65-62-59-56-53-50-48-46-44-42-39-30-28-26-24-22-20-17-14-11-8-5-2/h21-24,27-30,32-33,68H,4-20,25-26,31,34-67H2,1-3H3/b23-21-,24-22-,29-27-,30-28-,33-32-. The van der Waals surface area contributed by atoms with Crippen molar-refractivity contribution >= 4 is 17.9 Å². The molecule has 0 aliphatic carbocycles. The summed E-state index contributed by atoms with van der Waals surface area (Å²) in [7, 11) is 0. The minimum Gasteiger partial charge on any atom is -0.462 e. The molecule has 0 radical (unpaired) electrons. The quantitative estimate of drug-likeness (QED) is 0.0261. The average molecular weight is 1080 g/mol. The minimum absolute atomic E-state index is 0.0724. The highest BCUT2D eigenvalue weighted by Crippen LogP contribution is 2.17. The van der Waals surface area contributed by atoms with E-state index in [1.165, 1.54) is 238 Å². The normalized spacial score (nSPS) is 12.4. The summed E-state index contributed by atoms with van der Waals surface area (Å²) in [6, 6.07) is 0. The Morgan fingerprint density at radius 1 is 0.260 bits per heavy atom. The van der Waals surface area contributed by atoms with Gasteiger partial charge in [0, 0.05) is 19.3 Å². The lowest BCUT2D eigenvalue weighted by molar-refractivity contribution is -0.167. The fourth-order valence-electron chi connectivity index (χ4n) is 9.89. The zero-order valence-corrected chi connectivity index (χ0v) is 51.5. The molecule has 1 unspecified atom stereocenters. The van der Waals surface area contributed by atoms with Crippen molar-refractivity contribution in [1.29, 1.82) is 0 Å². The van der Waals surface area contributed by atoms with E-state index in [2.05, 4.69) is 81.5 Å². The predicted octanol–water partition coefficient (Wildman–Crippen LogP) is 23.1. The minimum atomic E-state index is -0.774. The summed E-state index contributed by atoms with van der Waals surface area (Å²) in [4.78, 5) is 38.2. The Labute approximate surface area is 479 Å². The van der Waals surface area contributed by atoms with Gasteiger partial charge in [-0.2, -0.15) is 0 Å².